The Labute approximate surface area is 88.0 Å². The van der Waals surface area contributed by atoms with Gasteiger partial charge in [0.2, 0.25) is 6.08 Å². The quantitative estimate of drug-likeness (QED) is 0.406. The van der Waals surface area contributed by atoms with Crippen molar-refractivity contribution in [2.45, 2.75) is 6.92 Å². The average molecular weight is 220 g/mol. The highest BCUT2D eigenvalue weighted by Crippen LogP contribution is 1.92. The molecule has 0 fully saturated rings. The molecule has 0 heterocycles. The Morgan fingerprint density at radius 1 is 1.31 bits per heavy atom. The fourth-order valence-corrected chi connectivity index (χ4v) is 0.534. The van der Waals surface area contributed by atoms with Gasteiger partial charge in [-0.1, -0.05) is 35.9 Å². The van der Waals surface area contributed by atoms with E-state index < -0.39 is 0 Å². The maximum Gasteiger partial charge on any atom is 0.231 e. The number of alkyl halides is 2. The number of hydrogen-bond donors (Lipinski definition) is 1. The number of rotatable bonds is 0. The van der Waals surface area contributed by atoms with Crippen molar-refractivity contribution in [3.63, 3.8) is 0 Å². The fraction of sp³-hybridized carbons (Fsp3) is 0.222. The average Bonchev–Trinajstić information content (AvgIpc) is 2.08. The highest BCUT2D eigenvalue weighted by molar-refractivity contribution is 6.40. The standard InChI is InChI=1S/C7H8.CH2Cl2.CHNO/c1-7-5-3-2-4-6-7;2*2-1-3/h2-6H,1H3;1H2;2H. The largest absolute Gasteiger partial charge is 0.231 e. The summed E-state index contributed by atoms with van der Waals surface area (Å²) in [4.78, 5) is 8.35. The van der Waals surface area contributed by atoms with Gasteiger partial charge in [0.05, 0.1) is 5.34 Å². The second kappa shape index (κ2) is 13.7. The molecule has 13 heavy (non-hydrogen) atoms. The molecule has 0 aliphatic carbocycles. The number of isocyanates is 1. The molecule has 0 amide bonds. The molecule has 1 rings (SSSR count). The van der Waals surface area contributed by atoms with Gasteiger partial charge in [-0.25, -0.2) is 10.2 Å². The molecule has 0 aromatic heterocycles. The molecule has 1 aromatic carbocycles. The summed E-state index contributed by atoms with van der Waals surface area (Å²) in [6, 6.07) is 10.3. The van der Waals surface area contributed by atoms with Crippen molar-refractivity contribution in [2.24, 2.45) is 0 Å². The lowest BCUT2D eigenvalue weighted by molar-refractivity contribution is 0.563. The Hall–Kier alpha value is -0.820. The van der Waals surface area contributed by atoms with Gasteiger partial charge in [-0.15, -0.1) is 23.2 Å². The molecule has 4 heteroatoms. The molecule has 0 bridgehead atoms. The number of hydrogen-bond acceptors (Lipinski definition) is 2. The van der Waals surface area contributed by atoms with Crippen LogP contribution in [0.15, 0.2) is 30.3 Å². The Kier molecular flexibility index (Phi) is 15.5. The first-order valence-electron chi connectivity index (χ1n) is 3.40. The van der Waals surface area contributed by atoms with E-state index in [2.05, 4.69) is 19.1 Å². The summed E-state index contributed by atoms with van der Waals surface area (Å²) in [6.07, 6.45) is 0.750. The summed E-state index contributed by atoms with van der Waals surface area (Å²) in [7, 11) is 0. The minimum Gasteiger partial charge on any atom is -0.222 e. The number of nitrogens with one attached hydrogen (secondary N) is 1. The van der Waals surface area contributed by atoms with E-state index in [-0.39, 0.29) is 5.34 Å². The van der Waals surface area contributed by atoms with E-state index in [9.17, 15) is 0 Å². The van der Waals surface area contributed by atoms with Gasteiger partial charge in [0, 0.05) is 0 Å². The van der Waals surface area contributed by atoms with Crippen LogP contribution >= 0.6 is 23.2 Å². The van der Waals surface area contributed by atoms with Crippen molar-refractivity contribution in [3.05, 3.63) is 35.9 Å². The van der Waals surface area contributed by atoms with E-state index in [1.807, 2.05) is 18.2 Å². The normalized spacial score (nSPS) is 6.69. The minimum atomic E-state index is 0.194. The van der Waals surface area contributed by atoms with Crippen LogP contribution in [0.4, 0.5) is 0 Å². The van der Waals surface area contributed by atoms with Crippen molar-refractivity contribution in [3.8, 4) is 0 Å². The van der Waals surface area contributed by atoms with Gasteiger partial charge in [-0.3, -0.25) is 0 Å². The Morgan fingerprint density at radius 3 is 1.77 bits per heavy atom. The molecule has 1 N–H and O–H groups in total. The van der Waals surface area contributed by atoms with Crippen LogP contribution in [0, 0.1) is 12.3 Å². The van der Waals surface area contributed by atoms with Gasteiger partial charge in [0.1, 0.15) is 0 Å². The molecule has 0 aliphatic heterocycles. The molecule has 0 aliphatic rings. The summed E-state index contributed by atoms with van der Waals surface area (Å²) in [6.45, 7) is 2.08. The summed E-state index contributed by atoms with van der Waals surface area (Å²) in [5.74, 6) is 0. The number of aryl methyl sites for hydroxylation is 1. The van der Waals surface area contributed by atoms with E-state index in [0.717, 1.165) is 6.08 Å². The molecule has 0 atom stereocenters. The van der Waals surface area contributed by atoms with Gasteiger partial charge in [0.25, 0.3) is 0 Å². The second-order valence-electron chi connectivity index (χ2n) is 1.86. The molecular formula is C9H11Cl2NO. The van der Waals surface area contributed by atoms with Crippen molar-refractivity contribution < 1.29 is 4.79 Å². The molecule has 1 aromatic rings. The van der Waals surface area contributed by atoms with E-state index in [1.165, 1.54) is 5.56 Å². The lowest BCUT2D eigenvalue weighted by Gasteiger charge is -1.82. The lowest BCUT2D eigenvalue weighted by Crippen LogP contribution is -1.62. The highest BCUT2D eigenvalue weighted by atomic mass is 35.5. The van der Waals surface area contributed by atoms with Crippen LogP contribution in [-0.4, -0.2) is 11.4 Å². The molecule has 2 nitrogen and oxygen atoms in total. The maximum absolute atomic E-state index is 8.35. The Bertz CT molecular complexity index is 220. The van der Waals surface area contributed by atoms with E-state index in [4.69, 9.17) is 33.4 Å². The first kappa shape index (κ1) is 14.7. The van der Waals surface area contributed by atoms with Crippen LogP contribution in [0.3, 0.4) is 0 Å². The molecule has 72 valence electrons. The van der Waals surface area contributed by atoms with Gasteiger partial charge in [0.15, 0.2) is 0 Å². The molecule has 0 saturated carbocycles. The zero-order valence-electron chi connectivity index (χ0n) is 7.26. The van der Waals surface area contributed by atoms with Crippen LogP contribution in [0.5, 0.6) is 0 Å². The summed E-state index contributed by atoms with van der Waals surface area (Å²) < 4.78 is 0. The van der Waals surface area contributed by atoms with Gasteiger partial charge >= 0.3 is 0 Å². The lowest BCUT2D eigenvalue weighted by atomic mass is 10.2. The molecule has 0 saturated heterocycles. The summed E-state index contributed by atoms with van der Waals surface area (Å²) in [5, 5.41) is 5.60. The predicted molar refractivity (Wildman–Crippen MR) is 56.2 cm³/mol. The molecule has 0 unspecified atom stereocenters. The zero-order valence-corrected chi connectivity index (χ0v) is 8.77. The predicted octanol–water partition coefficient (Wildman–Crippen LogP) is 3.32. The van der Waals surface area contributed by atoms with E-state index >= 15 is 0 Å². The first-order valence-corrected chi connectivity index (χ1v) is 4.47. The molecule has 0 spiro atoms. The number of carbonyl (C=O) groups excluding carboxylic acids is 1. The second-order valence-corrected chi connectivity index (χ2v) is 2.67. The highest BCUT2D eigenvalue weighted by Gasteiger charge is 1.72. The number of halogens is 2. The van der Waals surface area contributed by atoms with Crippen LogP contribution in [0.2, 0.25) is 0 Å². The van der Waals surface area contributed by atoms with Crippen LogP contribution in [0.25, 0.3) is 0 Å². The van der Waals surface area contributed by atoms with E-state index in [0.29, 0.717) is 0 Å². The van der Waals surface area contributed by atoms with Crippen LogP contribution in [-0.2, 0) is 4.79 Å². The fourth-order valence-electron chi connectivity index (χ4n) is 0.534. The first-order chi connectivity index (χ1) is 6.22. The van der Waals surface area contributed by atoms with Crippen molar-refractivity contribution in [1.82, 2.24) is 0 Å². The molecular weight excluding hydrogens is 209 g/mol. The van der Waals surface area contributed by atoms with Crippen molar-refractivity contribution in [1.29, 1.82) is 5.41 Å². The van der Waals surface area contributed by atoms with Gasteiger partial charge in [-0.05, 0) is 6.92 Å². The third-order valence-corrected chi connectivity index (χ3v) is 0.940. The van der Waals surface area contributed by atoms with Crippen molar-refractivity contribution >= 4 is 29.3 Å². The Balaban J connectivity index is 0. The molecule has 0 radical (unpaired) electrons. The third kappa shape index (κ3) is 18.3. The third-order valence-electron chi connectivity index (χ3n) is 0.940. The Morgan fingerprint density at radius 2 is 1.62 bits per heavy atom. The van der Waals surface area contributed by atoms with Gasteiger partial charge in [-0.2, -0.15) is 0 Å². The number of benzene rings is 1. The van der Waals surface area contributed by atoms with Crippen molar-refractivity contribution in [2.75, 3.05) is 5.34 Å². The monoisotopic (exact) mass is 219 g/mol. The van der Waals surface area contributed by atoms with Crippen LogP contribution < -0.4 is 0 Å². The van der Waals surface area contributed by atoms with E-state index in [1.54, 1.807) is 0 Å². The summed E-state index contributed by atoms with van der Waals surface area (Å²) >= 11 is 9.53. The van der Waals surface area contributed by atoms with Crippen LogP contribution in [0.1, 0.15) is 5.56 Å². The zero-order chi connectivity index (χ0) is 10.5. The van der Waals surface area contributed by atoms with Gasteiger partial charge < -0.3 is 0 Å². The summed E-state index contributed by atoms with van der Waals surface area (Å²) in [5.41, 5.74) is 1.32. The minimum absolute atomic E-state index is 0.194. The SMILES string of the molecule is Cc1ccccc1.ClCCl.N=C=O. The maximum atomic E-state index is 8.35. The smallest absolute Gasteiger partial charge is 0.222 e. The topological polar surface area (TPSA) is 40.9 Å².